The highest BCUT2D eigenvalue weighted by Gasteiger charge is 2.02. The van der Waals surface area contributed by atoms with Crippen LogP contribution in [0.25, 0.3) is 0 Å². The van der Waals surface area contributed by atoms with E-state index in [9.17, 15) is 4.79 Å². The fourth-order valence-electron chi connectivity index (χ4n) is 0.910. The van der Waals surface area contributed by atoms with Crippen LogP contribution in [0.5, 0.6) is 5.75 Å². The first-order valence-corrected chi connectivity index (χ1v) is 4.19. The van der Waals surface area contributed by atoms with Crippen LogP contribution < -0.4 is 10.2 Å². The molecular weight excluding hydrogens is 179 g/mol. The lowest BCUT2D eigenvalue weighted by Gasteiger charge is -2.06. The van der Waals surface area contributed by atoms with Crippen molar-refractivity contribution in [3.63, 3.8) is 0 Å². The second-order valence-electron chi connectivity index (χ2n) is 2.88. The topological polar surface area (TPSA) is 35.5 Å². The molecule has 0 N–H and O–H groups in total. The summed E-state index contributed by atoms with van der Waals surface area (Å²) in [6.07, 6.45) is 0. The van der Waals surface area contributed by atoms with E-state index in [0.29, 0.717) is 11.2 Å². The van der Waals surface area contributed by atoms with Gasteiger partial charge in [0.05, 0.1) is 7.11 Å². The van der Waals surface area contributed by atoms with Crippen LogP contribution in [-0.4, -0.2) is 27.5 Å². The molecule has 0 aliphatic carbocycles. The number of carbonyl (C=O) groups excluding carboxylic acids is 1. The quantitative estimate of drug-likeness (QED) is 0.509. The lowest BCUT2D eigenvalue weighted by Crippen LogP contribution is -2.14. The highest BCUT2D eigenvalue weighted by molar-refractivity contribution is 6.33. The van der Waals surface area contributed by atoms with Crippen LogP contribution in [0.4, 0.5) is 0 Å². The number of methoxy groups -OCH3 is 1. The Bertz CT molecular complexity index is 336. The number of hydrogen-bond donors (Lipinski definition) is 0. The van der Waals surface area contributed by atoms with Gasteiger partial charge in [-0.3, -0.25) is 0 Å². The molecule has 1 rings (SSSR count). The van der Waals surface area contributed by atoms with Gasteiger partial charge in [-0.15, -0.1) is 0 Å². The van der Waals surface area contributed by atoms with Crippen molar-refractivity contribution in [1.29, 1.82) is 0 Å². The van der Waals surface area contributed by atoms with Crippen molar-refractivity contribution in [2.75, 3.05) is 13.7 Å². The molecule has 1 aromatic carbocycles. The maximum Gasteiger partial charge on any atom is 0.343 e. The number of ether oxygens (including phenoxy) is 2. The molecule has 0 bridgehead atoms. The first-order chi connectivity index (χ1) is 6.63. The molecule has 0 saturated carbocycles. The van der Waals surface area contributed by atoms with E-state index in [-0.39, 0.29) is 6.61 Å². The van der Waals surface area contributed by atoms with E-state index in [1.54, 1.807) is 12.1 Å². The molecule has 14 heavy (non-hydrogen) atoms. The molecule has 0 aliphatic heterocycles. The maximum absolute atomic E-state index is 10.8. The molecule has 0 heterocycles. The summed E-state index contributed by atoms with van der Waals surface area (Å²) in [5, 5.41) is 0. The van der Waals surface area contributed by atoms with Gasteiger partial charge < -0.3 is 9.47 Å². The Balaban J connectivity index is 2.60. The molecule has 0 saturated heterocycles. The molecule has 72 valence electrons. The molecule has 0 aliphatic rings. The SMILES string of the molecule is [B]c1cc(OCC(=O)OC)ccc1C. The predicted molar refractivity (Wildman–Crippen MR) is 54.1 cm³/mol. The van der Waals surface area contributed by atoms with Gasteiger partial charge in [-0.05, 0) is 19.1 Å². The van der Waals surface area contributed by atoms with Crippen LogP contribution in [0.2, 0.25) is 0 Å². The highest BCUT2D eigenvalue weighted by atomic mass is 16.6. The van der Waals surface area contributed by atoms with Crippen molar-refractivity contribution >= 4 is 19.3 Å². The van der Waals surface area contributed by atoms with Crippen molar-refractivity contribution < 1.29 is 14.3 Å². The number of carbonyl (C=O) groups is 1. The van der Waals surface area contributed by atoms with Crippen LogP contribution in [0.1, 0.15) is 5.56 Å². The lowest BCUT2D eigenvalue weighted by atomic mass is 9.91. The Kier molecular flexibility index (Phi) is 3.57. The van der Waals surface area contributed by atoms with Crippen LogP contribution >= 0.6 is 0 Å². The van der Waals surface area contributed by atoms with E-state index in [0.717, 1.165) is 5.56 Å². The van der Waals surface area contributed by atoms with E-state index in [1.165, 1.54) is 7.11 Å². The average molecular weight is 190 g/mol. The van der Waals surface area contributed by atoms with E-state index in [1.807, 2.05) is 13.0 Å². The monoisotopic (exact) mass is 190 g/mol. The maximum atomic E-state index is 10.8. The Morgan fingerprint density at radius 1 is 1.50 bits per heavy atom. The summed E-state index contributed by atoms with van der Waals surface area (Å²) in [7, 11) is 6.98. The van der Waals surface area contributed by atoms with Crippen LogP contribution in [0, 0.1) is 6.92 Å². The van der Waals surface area contributed by atoms with Gasteiger partial charge in [0.25, 0.3) is 0 Å². The minimum Gasteiger partial charge on any atom is -0.482 e. The normalized spacial score (nSPS) is 9.57. The second-order valence-corrected chi connectivity index (χ2v) is 2.88. The Hall–Kier alpha value is -1.45. The summed E-state index contributed by atoms with van der Waals surface area (Å²) in [6.45, 7) is 1.80. The van der Waals surface area contributed by atoms with Gasteiger partial charge >= 0.3 is 5.97 Å². The molecule has 0 fully saturated rings. The number of aryl methyl sites for hydroxylation is 1. The van der Waals surface area contributed by atoms with E-state index < -0.39 is 5.97 Å². The zero-order chi connectivity index (χ0) is 10.6. The molecule has 0 spiro atoms. The van der Waals surface area contributed by atoms with Gasteiger partial charge in [-0.25, -0.2) is 4.79 Å². The molecule has 4 heteroatoms. The third kappa shape index (κ3) is 2.80. The van der Waals surface area contributed by atoms with Crippen LogP contribution in [-0.2, 0) is 9.53 Å². The van der Waals surface area contributed by atoms with E-state index >= 15 is 0 Å². The third-order valence-electron chi connectivity index (χ3n) is 1.84. The molecule has 0 amide bonds. The van der Waals surface area contributed by atoms with Crippen LogP contribution in [0.3, 0.4) is 0 Å². The fraction of sp³-hybridized carbons (Fsp3) is 0.300. The minimum atomic E-state index is -0.413. The molecule has 1 aromatic rings. The summed E-state index contributed by atoms with van der Waals surface area (Å²) in [5.41, 5.74) is 1.63. The number of rotatable bonds is 3. The highest BCUT2D eigenvalue weighted by Crippen LogP contribution is 2.08. The van der Waals surface area contributed by atoms with Gasteiger partial charge in [0, 0.05) is 0 Å². The largest absolute Gasteiger partial charge is 0.482 e. The summed E-state index contributed by atoms with van der Waals surface area (Å²) in [4.78, 5) is 10.8. The molecule has 0 unspecified atom stereocenters. The zero-order valence-corrected chi connectivity index (χ0v) is 8.24. The Labute approximate surface area is 84.4 Å². The molecule has 3 nitrogen and oxygen atoms in total. The first-order valence-electron chi connectivity index (χ1n) is 4.19. The van der Waals surface area contributed by atoms with Crippen molar-refractivity contribution in [3.8, 4) is 5.75 Å². The number of benzene rings is 1. The Morgan fingerprint density at radius 3 is 2.79 bits per heavy atom. The second kappa shape index (κ2) is 4.70. The lowest BCUT2D eigenvalue weighted by molar-refractivity contribution is -0.142. The van der Waals surface area contributed by atoms with E-state index in [4.69, 9.17) is 12.6 Å². The predicted octanol–water partition coefficient (Wildman–Crippen LogP) is 0.341. The van der Waals surface area contributed by atoms with Crippen molar-refractivity contribution in [2.45, 2.75) is 6.92 Å². The molecule has 0 atom stereocenters. The molecular formula is C10H11BO3. The van der Waals surface area contributed by atoms with E-state index in [2.05, 4.69) is 4.74 Å². The molecule has 2 radical (unpaired) electrons. The van der Waals surface area contributed by atoms with Crippen molar-refractivity contribution in [3.05, 3.63) is 23.8 Å². The number of hydrogen-bond acceptors (Lipinski definition) is 3. The van der Waals surface area contributed by atoms with Crippen molar-refractivity contribution in [2.24, 2.45) is 0 Å². The van der Waals surface area contributed by atoms with Gasteiger partial charge in [0.1, 0.15) is 13.6 Å². The summed E-state index contributed by atoms with van der Waals surface area (Å²) < 4.78 is 9.57. The van der Waals surface area contributed by atoms with Gasteiger partial charge in [-0.2, -0.15) is 0 Å². The summed E-state index contributed by atoms with van der Waals surface area (Å²) in [6, 6.07) is 5.27. The Morgan fingerprint density at radius 2 is 2.21 bits per heavy atom. The van der Waals surface area contributed by atoms with Gasteiger partial charge in [0.15, 0.2) is 6.61 Å². The minimum absolute atomic E-state index is 0.0982. The average Bonchev–Trinajstić information content (AvgIpc) is 2.19. The van der Waals surface area contributed by atoms with Crippen LogP contribution in [0.15, 0.2) is 18.2 Å². The number of esters is 1. The summed E-state index contributed by atoms with van der Waals surface area (Å²) >= 11 is 0. The van der Waals surface area contributed by atoms with Gasteiger partial charge in [-0.1, -0.05) is 17.1 Å². The zero-order valence-electron chi connectivity index (χ0n) is 8.24. The summed E-state index contributed by atoms with van der Waals surface area (Å²) in [5.74, 6) is 0.155. The first kappa shape index (κ1) is 10.6. The molecule has 0 aromatic heterocycles. The van der Waals surface area contributed by atoms with Gasteiger partial charge in [0.2, 0.25) is 0 Å². The smallest absolute Gasteiger partial charge is 0.343 e. The third-order valence-corrected chi connectivity index (χ3v) is 1.84. The van der Waals surface area contributed by atoms with Crippen molar-refractivity contribution in [1.82, 2.24) is 0 Å². The standard InChI is InChI=1S/C10H11BO3/c1-7-3-4-8(5-9(7)11)14-6-10(12)13-2/h3-5H,6H2,1-2H3. The fourth-order valence-corrected chi connectivity index (χ4v) is 0.910.